The van der Waals surface area contributed by atoms with Crippen LogP contribution in [0.3, 0.4) is 0 Å². The minimum absolute atomic E-state index is 0.0406. The van der Waals surface area contributed by atoms with Crippen LogP contribution in [0.5, 0.6) is 0 Å². The van der Waals surface area contributed by atoms with Gasteiger partial charge in [-0.1, -0.05) is 35.8 Å². The fourth-order valence-corrected chi connectivity index (χ4v) is 2.48. The first-order valence-electron chi connectivity index (χ1n) is 7.41. The summed E-state index contributed by atoms with van der Waals surface area (Å²) in [6, 6.07) is 6.21. The summed E-state index contributed by atoms with van der Waals surface area (Å²) in [6.07, 6.45) is 0. The van der Waals surface area contributed by atoms with Crippen molar-refractivity contribution in [2.75, 3.05) is 31.6 Å². The minimum Gasteiger partial charge on any atom is -0.365 e. The molecule has 0 aliphatic rings. The van der Waals surface area contributed by atoms with Gasteiger partial charge >= 0.3 is 0 Å². The Balaban J connectivity index is 2.62. The number of rotatable bonds is 8. The molecule has 1 aromatic carbocycles. The topological polar surface area (TPSA) is 44.4 Å². The summed E-state index contributed by atoms with van der Waals surface area (Å²) in [7, 11) is 1.92. The van der Waals surface area contributed by atoms with E-state index in [1.54, 1.807) is 0 Å². The van der Waals surface area contributed by atoms with Gasteiger partial charge in [-0.05, 0) is 37.1 Å². The summed E-state index contributed by atoms with van der Waals surface area (Å²) in [5, 5.41) is 6.24. The zero-order valence-electron chi connectivity index (χ0n) is 13.4. The summed E-state index contributed by atoms with van der Waals surface area (Å²) in [5.41, 5.74) is 2.26. The predicted molar refractivity (Wildman–Crippen MR) is 92.6 cm³/mol. The van der Waals surface area contributed by atoms with Crippen LogP contribution in [0.1, 0.15) is 26.3 Å². The number of likely N-dealkylation sites (N-methyl/N-ethyl adjacent to an activating group) is 2. The van der Waals surface area contributed by atoms with Crippen LogP contribution in [0.15, 0.2) is 22.7 Å². The highest BCUT2D eigenvalue weighted by Gasteiger charge is 2.08. The molecular formula is C16H26BrN3O. The van der Waals surface area contributed by atoms with Gasteiger partial charge < -0.3 is 15.5 Å². The number of amides is 1. The first-order valence-corrected chi connectivity index (χ1v) is 8.20. The third kappa shape index (κ3) is 6.48. The van der Waals surface area contributed by atoms with E-state index in [-0.39, 0.29) is 5.91 Å². The molecule has 5 heteroatoms. The van der Waals surface area contributed by atoms with E-state index in [1.807, 2.05) is 18.9 Å². The van der Waals surface area contributed by atoms with Crippen LogP contribution >= 0.6 is 15.9 Å². The van der Waals surface area contributed by atoms with E-state index in [0.717, 1.165) is 23.2 Å². The second-order valence-corrected chi connectivity index (χ2v) is 6.46. The fraction of sp³-hybridized carbons (Fsp3) is 0.562. The normalized spacial score (nSPS) is 10.8. The first kappa shape index (κ1) is 18.0. The Morgan fingerprint density at radius 3 is 2.67 bits per heavy atom. The summed E-state index contributed by atoms with van der Waals surface area (Å²) >= 11 is 3.61. The summed E-state index contributed by atoms with van der Waals surface area (Å²) in [6.45, 7) is 9.20. The van der Waals surface area contributed by atoms with Crippen LogP contribution in [0.2, 0.25) is 0 Å². The Labute approximate surface area is 136 Å². The molecule has 1 rings (SSSR count). The molecule has 0 saturated carbocycles. The lowest BCUT2D eigenvalue weighted by atomic mass is 10.1. The van der Waals surface area contributed by atoms with Crippen molar-refractivity contribution in [1.29, 1.82) is 0 Å². The quantitative estimate of drug-likeness (QED) is 0.753. The van der Waals surface area contributed by atoms with Gasteiger partial charge in [0.1, 0.15) is 0 Å². The minimum atomic E-state index is 0.0406. The van der Waals surface area contributed by atoms with Crippen LogP contribution in [0.4, 0.5) is 5.69 Å². The average Bonchev–Trinajstić information content (AvgIpc) is 2.40. The number of nitrogens with one attached hydrogen (secondary N) is 2. The monoisotopic (exact) mass is 355 g/mol. The van der Waals surface area contributed by atoms with Gasteiger partial charge in [-0.3, -0.25) is 4.79 Å². The number of anilines is 1. The van der Waals surface area contributed by atoms with Crippen molar-refractivity contribution in [3.05, 3.63) is 28.2 Å². The zero-order chi connectivity index (χ0) is 15.8. The van der Waals surface area contributed by atoms with E-state index in [0.29, 0.717) is 19.0 Å². The molecule has 0 aliphatic carbocycles. The van der Waals surface area contributed by atoms with Crippen LogP contribution in [-0.4, -0.2) is 32.6 Å². The van der Waals surface area contributed by atoms with Crippen molar-refractivity contribution in [2.24, 2.45) is 5.92 Å². The molecule has 0 radical (unpaired) electrons. The van der Waals surface area contributed by atoms with Crippen molar-refractivity contribution in [1.82, 2.24) is 10.6 Å². The third-order valence-corrected chi connectivity index (χ3v) is 3.84. The SMILES string of the molecule is CCNC(=O)CN(C)c1ccc(CNCC(C)C)c(Br)c1. The summed E-state index contributed by atoms with van der Waals surface area (Å²) in [4.78, 5) is 13.6. The van der Waals surface area contributed by atoms with E-state index >= 15 is 0 Å². The summed E-state index contributed by atoms with van der Waals surface area (Å²) in [5.74, 6) is 0.685. The number of benzene rings is 1. The van der Waals surface area contributed by atoms with E-state index in [1.165, 1.54) is 5.56 Å². The molecule has 1 amide bonds. The van der Waals surface area contributed by atoms with E-state index in [2.05, 4.69) is 58.6 Å². The van der Waals surface area contributed by atoms with Crippen LogP contribution < -0.4 is 15.5 Å². The molecule has 0 aliphatic heterocycles. The number of carbonyl (C=O) groups excluding carboxylic acids is 1. The molecule has 0 bridgehead atoms. The number of carbonyl (C=O) groups is 1. The van der Waals surface area contributed by atoms with Gasteiger partial charge in [0.2, 0.25) is 5.91 Å². The van der Waals surface area contributed by atoms with Crippen molar-refractivity contribution in [2.45, 2.75) is 27.3 Å². The Kier molecular flexibility index (Phi) is 7.75. The van der Waals surface area contributed by atoms with Crippen LogP contribution in [-0.2, 0) is 11.3 Å². The maximum atomic E-state index is 11.6. The second-order valence-electron chi connectivity index (χ2n) is 5.61. The van der Waals surface area contributed by atoms with Gasteiger partial charge in [-0.25, -0.2) is 0 Å². The van der Waals surface area contributed by atoms with Gasteiger partial charge in [-0.2, -0.15) is 0 Å². The highest BCUT2D eigenvalue weighted by molar-refractivity contribution is 9.10. The molecule has 2 N–H and O–H groups in total. The molecule has 0 fully saturated rings. The highest BCUT2D eigenvalue weighted by atomic mass is 79.9. The number of halogens is 1. The largest absolute Gasteiger partial charge is 0.365 e. The van der Waals surface area contributed by atoms with Gasteiger partial charge in [-0.15, -0.1) is 0 Å². The number of hydrogen-bond donors (Lipinski definition) is 2. The first-order chi connectivity index (χ1) is 9.93. The smallest absolute Gasteiger partial charge is 0.239 e. The highest BCUT2D eigenvalue weighted by Crippen LogP contribution is 2.23. The number of hydrogen-bond acceptors (Lipinski definition) is 3. The van der Waals surface area contributed by atoms with Gasteiger partial charge in [0.15, 0.2) is 0 Å². The Morgan fingerprint density at radius 2 is 2.10 bits per heavy atom. The predicted octanol–water partition coefficient (Wildman–Crippen LogP) is 2.77. The zero-order valence-corrected chi connectivity index (χ0v) is 15.0. The van der Waals surface area contributed by atoms with Gasteiger partial charge in [0, 0.05) is 30.3 Å². The third-order valence-electron chi connectivity index (χ3n) is 3.10. The Bertz CT molecular complexity index is 463. The standard InChI is InChI=1S/C16H26BrN3O/c1-5-19-16(21)11-20(4)14-7-6-13(15(17)8-14)10-18-9-12(2)3/h6-8,12,18H,5,9-11H2,1-4H3,(H,19,21). The van der Waals surface area contributed by atoms with E-state index in [9.17, 15) is 4.79 Å². The lowest BCUT2D eigenvalue weighted by Crippen LogP contribution is -2.34. The molecule has 118 valence electrons. The average molecular weight is 356 g/mol. The van der Waals surface area contributed by atoms with Crippen LogP contribution in [0.25, 0.3) is 0 Å². The molecule has 21 heavy (non-hydrogen) atoms. The molecule has 0 atom stereocenters. The molecule has 1 aromatic rings. The Hall–Kier alpha value is -1.07. The molecular weight excluding hydrogens is 330 g/mol. The maximum absolute atomic E-state index is 11.6. The lowest BCUT2D eigenvalue weighted by molar-refractivity contribution is -0.119. The van der Waals surface area contributed by atoms with E-state index < -0.39 is 0 Å². The van der Waals surface area contributed by atoms with Gasteiger partial charge in [0.05, 0.1) is 6.54 Å². The lowest BCUT2D eigenvalue weighted by Gasteiger charge is -2.20. The number of nitrogens with zero attached hydrogens (tertiary/aromatic N) is 1. The maximum Gasteiger partial charge on any atom is 0.239 e. The fourth-order valence-electron chi connectivity index (χ4n) is 1.97. The molecule has 0 heterocycles. The van der Waals surface area contributed by atoms with Gasteiger partial charge in [0.25, 0.3) is 0 Å². The van der Waals surface area contributed by atoms with Crippen molar-refractivity contribution in [3.63, 3.8) is 0 Å². The van der Waals surface area contributed by atoms with Crippen LogP contribution in [0, 0.1) is 5.92 Å². The van der Waals surface area contributed by atoms with Crippen molar-refractivity contribution >= 4 is 27.5 Å². The molecule has 0 spiro atoms. The molecule has 0 aromatic heterocycles. The summed E-state index contributed by atoms with van der Waals surface area (Å²) < 4.78 is 1.07. The van der Waals surface area contributed by atoms with Crippen molar-refractivity contribution < 1.29 is 4.79 Å². The molecule has 4 nitrogen and oxygen atoms in total. The second kappa shape index (κ2) is 9.05. The molecule has 0 unspecified atom stereocenters. The Morgan fingerprint density at radius 1 is 1.38 bits per heavy atom. The van der Waals surface area contributed by atoms with Crippen molar-refractivity contribution in [3.8, 4) is 0 Å². The van der Waals surface area contributed by atoms with E-state index in [4.69, 9.17) is 0 Å². The molecule has 0 saturated heterocycles.